The number of thioether (sulfide) groups is 1. The van der Waals surface area contributed by atoms with Crippen LogP contribution >= 0.6 is 11.8 Å². The lowest BCUT2D eigenvalue weighted by Gasteiger charge is -2.28. The normalized spacial score (nSPS) is 25.1. The van der Waals surface area contributed by atoms with Gasteiger partial charge < -0.3 is 15.4 Å². The second kappa shape index (κ2) is 8.18. The molecule has 0 bridgehead atoms. The molecule has 1 aliphatic heterocycles. The third kappa shape index (κ3) is 3.68. The standard InChI is InChI=1S/C25H30N2O2S/c1-15-6-3-4-8-19(15)25(28)27-21-12-17-7-5-9-20(17)24(21)16(2)26-18-10-11-23-22(13-18)29-14-30-23/h10-11,13,15,19,26H,2-9,12,14H2,1H3,(H,27,28). The van der Waals surface area contributed by atoms with E-state index in [1.807, 2.05) is 6.07 Å². The third-order valence-corrected chi connectivity index (χ3v) is 7.90. The highest BCUT2D eigenvalue weighted by molar-refractivity contribution is 7.99. The van der Waals surface area contributed by atoms with Crippen LogP contribution in [0, 0.1) is 11.8 Å². The van der Waals surface area contributed by atoms with Crippen molar-refractivity contribution in [3.8, 4) is 5.75 Å². The number of hydrogen-bond donors (Lipinski definition) is 2. The van der Waals surface area contributed by atoms with Gasteiger partial charge in [-0.1, -0.05) is 43.7 Å². The molecule has 1 heterocycles. The molecule has 4 nitrogen and oxygen atoms in total. The van der Waals surface area contributed by atoms with Crippen molar-refractivity contribution in [2.75, 3.05) is 11.3 Å². The Hall–Kier alpha value is -2.14. The number of ether oxygens (including phenoxy) is 1. The van der Waals surface area contributed by atoms with Crippen LogP contribution in [0.5, 0.6) is 5.75 Å². The highest BCUT2D eigenvalue weighted by Crippen LogP contribution is 2.45. The van der Waals surface area contributed by atoms with E-state index in [0.717, 1.165) is 66.9 Å². The van der Waals surface area contributed by atoms with Gasteiger partial charge in [-0.05, 0) is 55.7 Å². The van der Waals surface area contributed by atoms with Gasteiger partial charge in [0, 0.05) is 41.1 Å². The van der Waals surface area contributed by atoms with Crippen LogP contribution in [0.2, 0.25) is 0 Å². The Labute approximate surface area is 183 Å². The summed E-state index contributed by atoms with van der Waals surface area (Å²) >= 11 is 1.72. The van der Waals surface area contributed by atoms with Crippen molar-refractivity contribution in [2.45, 2.75) is 63.2 Å². The van der Waals surface area contributed by atoms with Crippen molar-refractivity contribution in [2.24, 2.45) is 11.8 Å². The summed E-state index contributed by atoms with van der Waals surface area (Å²) in [6.45, 7) is 6.59. The molecule has 2 unspecified atom stereocenters. The summed E-state index contributed by atoms with van der Waals surface area (Å²) in [6, 6.07) is 6.22. The van der Waals surface area contributed by atoms with Gasteiger partial charge in [-0.2, -0.15) is 0 Å². The maximum Gasteiger partial charge on any atom is 0.227 e. The van der Waals surface area contributed by atoms with E-state index in [0.29, 0.717) is 11.9 Å². The van der Waals surface area contributed by atoms with Gasteiger partial charge in [-0.3, -0.25) is 4.79 Å². The number of carbonyl (C=O) groups excluding carboxylic acids is 1. The van der Waals surface area contributed by atoms with E-state index < -0.39 is 0 Å². The van der Waals surface area contributed by atoms with Gasteiger partial charge in [0.05, 0.1) is 4.90 Å². The van der Waals surface area contributed by atoms with Gasteiger partial charge in [0.2, 0.25) is 5.91 Å². The minimum Gasteiger partial charge on any atom is -0.481 e. The lowest BCUT2D eigenvalue weighted by Crippen LogP contribution is -2.35. The molecule has 2 atom stereocenters. The average molecular weight is 423 g/mol. The Morgan fingerprint density at radius 3 is 2.90 bits per heavy atom. The number of carbonyl (C=O) groups is 1. The van der Waals surface area contributed by atoms with Crippen LogP contribution in [0.15, 0.2) is 57.8 Å². The predicted molar refractivity (Wildman–Crippen MR) is 122 cm³/mol. The largest absolute Gasteiger partial charge is 0.481 e. The zero-order chi connectivity index (χ0) is 20.7. The van der Waals surface area contributed by atoms with Crippen LogP contribution in [0.4, 0.5) is 5.69 Å². The van der Waals surface area contributed by atoms with Crippen molar-refractivity contribution in [1.29, 1.82) is 0 Å². The Morgan fingerprint density at radius 2 is 2.03 bits per heavy atom. The SMILES string of the molecule is C=C(Nc1ccc2c(c1)OCS2)C1=C(NC(=O)C2CCCCC2C)CC2=C1CCC2. The predicted octanol–water partition coefficient (Wildman–Crippen LogP) is 6.14. The number of anilines is 1. The molecule has 1 fully saturated rings. The highest BCUT2D eigenvalue weighted by Gasteiger charge is 2.33. The van der Waals surface area contributed by atoms with E-state index >= 15 is 0 Å². The van der Waals surface area contributed by atoms with Crippen molar-refractivity contribution in [1.82, 2.24) is 5.32 Å². The lowest BCUT2D eigenvalue weighted by atomic mass is 9.80. The zero-order valence-corrected chi connectivity index (χ0v) is 18.5. The smallest absolute Gasteiger partial charge is 0.227 e. The summed E-state index contributed by atoms with van der Waals surface area (Å²) in [5, 5.41) is 6.83. The van der Waals surface area contributed by atoms with E-state index in [1.54, 1.807) is 11.8 Å². The number of benzene rings is 1. The van der Waals surface area contributed by atoms with Gasteiger partial charge in [0.25, 0.3) is 0 Å². The van der Waals surface area contributed by atoms with Crippen LogP contribution in [0.1, 0.15) is 58.3 Å². The minimum atomic E-state index is 0.135. The van der Waals surface area contributed by atoms with E-state index in [2.05, 4.69) is 36.3 Å². The first-order valence-corrected chi connectivity index (χ1v) is 12.2. The molecule has 2 N–H and O–H groups in total. The summed E-state index contributed by atoms with van der Waals surface area (Å²) in [5.41, 5.74) is 6.91. The van der Waals surface area contributed by atoms with E-state index in [9.17, 15) is 4.79 Å². The lowest BCUT2D eigenvalue weighted by molar-refractivity contribution is -0.126. The summed E-state index contributed by atoms with van der Waals surface area (Å²) in [6.07, 6.45) is 8.85. The van der Waals surface area contributed by atoms with Crippen LogP contribution in [-0.4, -0.2) is 11.8 Å². The van der Waals surface area contributed by atoms with Gasteiger partial charge in [0.1, 0.15) is 11.7 Å². The molecule has 30 heavy (non-hydrogen) atoms. The molecule has 3 aliphatic carbocycles. The fourth-order valence-electron chi connectivity index (χ4n) is 5.42. The molecule has 1 aromatic carbocycles. The zero-order valence-electron chi connectivity index (χ0n) is 17.7. The first-order valence-electron chi connectivity index (χ1n) is 11.2. The third-order valence-electron chi connectivity index (χ3n) is 7.02. The maximum absolute atomic E-state index is 13.1. The number of hydrogen-bond acceptors (Lipinski definition) is 4. The number of fused-ring (bicyclic) bond motifs is 1. The number of allylic oxidation sites excluding steroid dienone is 2. The average Bonchev–Trinajstić information content (AvgIpc) is 3.43. The van der Waals surface area contributed by atoms with Crippen LogP contribution < -0.4 is 15.4 Å². The molecule has 0 spiro atoms. The Balaban J connectivity index is 1.37. The summed E-state index contributed by atoms with van der Waals surface area (Å²) in [5.74, 6) is 2.41. The molecule has 5 rings (SSSR count). The molecular weight excluding hydrogens is 392 g/mol. The second-order valence-corrected chi connectivity index (χ2v) is 9.96. The first-order chi connectivity index (χ1) is 14.6. The minimum absolute atomic E-state index is 0.135. The Kier molecular flexibility index (Phi) is 5.40. The van der Waals surface area contributed by atoms with Crippen molar-refractivity contribution in [3.05, 3.63) is 52.9 Å². The van der Waals surface area contributed by atoms with E-state index in [4.69, 9.17) is 4.74 Å². The van der Waals surface area contributed by atoms with Crippen LogP contribution in [0.25, 0.3) is 0 Å². The molecule has 0 saturated heterocycles. The van der Waals surface area contributed by atoms with Gasteiger partial charge >= 0.3 is 0 Å². The summed E-state index contributed by atoms with van der Waals surface area (Å²) < 4.78 is 5.68. The number of nitrogens with one attached hydrogen (secondary N) is 2. The highest BCUT2D eigenvalue weighted by atomic mass is 32.2. The van der Waals surface area contributed by atoms with Crippen molar-refractivity contribution < 1.29 is 9.53 Å². The topological polar surface area (TPSA) is 50.4 Å². The Morgan fingerprint density at radius 1 is 1.17 bits per heavy atom. The van der Waals surface area contributed by atoms with Gasteiger partial charge in [0.15, 0.2) is 0 Å². The molecule has 158 valence electrons. The fraction of sp³-hybridized carbons (Fsp3) is 0.480. The van der Waals surface area contributed by atoms with E-state index in [-0.39, 0.29) is 11.8 Å². The maximum atomic E-state index is 13.1. The number of amides is 1. The van der Waals surface area contributed by atoms with Gasteiger partial charge in [-0.15, -0.1) is 0 Å². The molecule has 1 aromatic rings. The quantitative estimate of drug-likeness (QED) is 0.599. The molecule has 1 saturated carbocycles. The second-order valence-electron chi connectivity index (χ2n) is 9.00. The Bertz CT molecular complexity index is 962. The molecular formula is C25H30N2O2S. The molecule has 5 heteroatoms. The number of rotatable bonds is 5. The van der Waals surface area contributed by atoms with Gasteiger partial charge in [-0.25, -0.2) is 0 Å². The van der Waals surface area contributed by atoms with Crippen LogP contribution in [-0.2, 0) is 4.79 Å². The first kappa shape index (κ1) is 19.8. The van der Waals surface area contributed by atoms with Crippen LogP contribution in [0.3, 0.4) is 0 Å². The molecule has 0 radical (unpaired) electrons. The molecule has 0 aromatic heterocycles. The molecule has 4 aliphatic rings. The van der Waals surface area contributed by atoms with Crippen molar-refractivity contribution >= 4 is 23.4 Å². The monoisotopic (exact) mass is 422 g/mol. The molecule has 1 amide bonds. The summed E-state index contributed by atoms with van der Waals surface area (Å²) in [4.78, 5) is 14.3. The van der Waals surface area contributed by atoms with Crippen molar-refractivity contribution in [3.63, 3.8) is 0 Å². The fourth-order valence-corrected chi connectivity index (χ4v) is 6.15. The van der Waals surface area contributed by atoms with E-state index in [1.165, 1.54) is 28.9 Å². The summed E-state index contributed by atoms with van der Waals surface area (Å²) in [7, 11) is 0.